The van der Waals surface area contributed by atoms with Gasteiger partial charge in [0.05, 0.1) is 12.0 Å². The van der Waals surface area contributed by atoms with Crippen molar-refractivity contribution in [2.45, 2.75) is 96.9 Å². The smallest absolute Gasteiger partial charge is 0.548 e. The van der Waals surface area contributed by atoms with Crippen molar-refractivity contribution in [2.75, 3.05) is 13.2 Å². The largest absolute Gasteiger partial charge is 1.00 e. The fourth-order valence-corrected chi connectivity index (χ4v) is 2.95. The first-order valence-corrected chi connectivity index (χ1v) is 9.69. The average Bonchev–Trinajstić information content (AvgIpc) is 2.56. The summed E-state index contributed by atoms with van der Waals surface area (Å²) in [5.74, 6) is -1.42. The van der Waals surface area contributed by atoms with Crippen LogP contribution in [0.1, 0.15) is 90.9 Å². The summed E-state index contributed by atoms with van der Waals surface area (Å²) < 4.78 is 0. The minimum Gasteiger partial charge on any atom is -0.548 e. The molecule has 0 saturated carbocycles. The van der Waals surface area contributed by atoms with Gasteiger partial charge in [-0.15, -0.1) is 0 Å². The summed E-state index contributed by atoms with van der Waals surface area (Å²) in [4.78, 5) is 24.9. The van der Waals surface area contributed by atoms with Crippen molar-refractivity contribution in [1.29, 1.82) is 0 Å². The van der Waals surface area contributed by atoms with Gasteiger partial charge in [-0.25, -0.2) is 0 Å². The molecular weight excluding hydrogens is 329 g/mol. The van der Waals surface area contributed by atoms with Gasteiger partial charge < -0.3 is 19.9 Å². The van der Waals surface area contributed by atoms with Gasteiger partial charge in [0.25, 0.3) is 0 Å². The van der Waals surface area contributed by atoms with E-state index in [1.165, 1.54) is 43.4 Å². The average molecular weight is 365 g/mol. The molecule has 1 N–H and O–H groups in total. The van der Waals surface area contributed by atoms with E-state index in [4.69, 9.17) is 5.11 Å². The fraction of sp³-hybridized carbons (Fsp3) is 0.895. The number of rotatable bonds is 16. The topological polar surface area (TPSA) is 80.7 Å². The van der Waals surface area contributed by atoms with Crippen LogP contribution in [0.25, 0.3) is 0 Å². The van der Waals surface area contributed by atoms with E-state index in [-0.39, 0.29) is 48.5 Å². The molecule has 1 atom stereocenters. The van der Waals surface area contributed by atoms with E-state index in [0.29, 0.717) is 19.4 Å². The van der Waals surface area contributed by atoms with E-state index >= 15 is 0 Å². The number of carbonyl (C=O) groups is 2. The Morgan fingerprint density at radius 1 is 0.920 bits per heavy atom. The van der Waals surface area contributed by atoms with Crippen molar-refractivity contribution in [3.8, 4) is 0 Å². The number of carbonyl (C=O) groups excluding carboxylic acids is 2. The molecule has 1 amide bonds. The molecule has 5 nitrogen and oxygen atoms in total. The van der Waals surface area contributed by atoms with Crippen molar-refractivity contribution >= 4 is 11.9 Å². The van der Waals surface area contributed by atoms with Crippen LogP contribution in [0.3, 0.4) is 0 Å². The molecule has 0 rings (SSSR count). The van der Waals surface area contributed by atoms with Crippen molar-refractivity contribution in [1.82, 2.24) is 4.90 Å². The third-order valence-corrected chi connectivity index (χ3v) is 4.33. The van der Waals surface area contributed by atoms with E-state index in [1.54, 1.807) is 0 Å². The van der Waals surface area contributed by atoms with Gasteiger partial charge in [-0.1, -0.05) is 65.2 Å². The molecule has 142 valence electrons. The minimum absolute atomic E-state index is 0. The molecule has 0 aliphatic heterocycles. The van der Waals surface area contributed by atoms with Crippen LogP contribution in [0, 0.1) is 0 Å². The summed E-state index contributed by atoms with van der Waals surface area (Å²) in [6.45, 7) is 4.26. The first-order chi connectivity index (χ1) is 11.6. The molecule has 25 heavy (non-hydrogen) atoms. The van der Waals surface area contributed by atoms with Crippen molar-refractivity contribution in [3.05, 3.63) is 0 Å². The number of carboxylic acid groups (broad SMARTS) is 1. The molecule has 0 bridgehead atoms. The van der Waals surface area contributed by atoms with Crippen molar-refractivity contribution < 1.29 is 49.4 Å². The van der Waals surface area contributed by atoms with Crippen LogP contribution in [0.2, 0.25) is 0 Å². The molecule has 0 heterocycles. The summed E-state index contributed by atoms with van der Waals surface area (Å²) in [7, 11) is 0. The summed E-state index contributed by atoms with van der Waals surface area (Å²) in [6, 6.07) is -1.01. The van der Waals surface area contributed by atoms with Crippen LogP contribution in [-0.2, 0) is 9.59 Å². The third kappa shape index (κ3) is 13.7. The van der Waals surface area contributed by atoms with E-state index in [0.717, 1.165) is 19.3 Å². The Hall–Kier alpha value is -0.100. The number of carboxylic acids is 1. The predicted octanol–water partition coefficient (Wildman–Crippen LogP) is -0.349. The Bertz CT molecular complexity index is 339. The predicted molar refractivity (Wildman–Crippen MR) is 94.3 cm³/mol. The number of amides is 1. The molecule has 0 aliphatic carbocycles. The zero-order chi connectivity index (χ0) is 18.2. The van der Waals surface area contributed by atoms with Gasteiger partial charge in [0.1, 0.15) is 0 Å². The quantitative estimate of drug-likeness (QED) is 0.299. The van der Waals surface area contributed by atoms with Gasteiger partial charge in [0.2, 0.25) is 5.91 Å². The Labute approximate surface area is 175 Å². The van der Waals surface area contributed by atoms with Crippen LogP contribution in [0.5, 0.6) is 0 Å². The number of hydrogen-bond acceptors (Lipinski definition) is 4. The molecule has 0 unspecified atom stereocenters. The minimum atomic E-state index is -1.28. The SMILES string of the molecule is CCCCCCCCCCCC(=O)N(CCC)[C@@H](CCO)C(=O)[O-].[Na+]. The van der Waals surface area contributed by atoms with Crippen LogP contribution < -0.4 is 34.7 Å². The Morgan fingerprint density at radius 2 is 1.44 bits per heavy atom. The van der Waals surface area contributed by atoms with E-state index in [9.17, 15) is 14.7 Å². The molecule has 0 aliphatic rings. The molecule has 0 spiro atoms. The second-order valence-corrected chi connectivity index (χ2v) is 6.51. The van der Waals surface area contributed by atoms with Crippen LogP contribution in [0.15, 0.2) is 0 Å². The molecule has 0 aromatic rings. The first kappa shape index (κ1) is 27.1. The zero-order valence-corrected chi connectivity index (χ0v) is 18.6. The second kappa shape index (κ2) is 18.7. The number of hydrogen-bond donors (Lipinski definition) is 1. The van der Waals surface area contributed by atoms with Crippen molar-refractivity contribution in [3.63, 3.8) is 0 Å². The summed E-state index contributed by atoms with van der Waals surface area (Å²) in [6.07, 6.45) is 11.7. The molecule has 0 aromatic heterocycles. The number of aliphatic carboxylic acids is 1. The molecule has 0 saturated heterocycles. The summed E-state index contributed by atoms with van der Waals surface area (Å²) in [5, 5.41) is 20.2. The van der Waals surface area contributed by atoms with Gasteiger partial charge >= 0.3 is 29.6 Å². The fourth-order valence-electron chi connectivity index (χ4n) is 2.95. The maximum absolute atomic E-state index is 12.3. The number of aliphatic hydroxyl groups excluding tert-OH is 1. The normalized spacial score (nSPS) is 11.6. The van der Waals surface area contributed by atoms with Gasteiger partial charge in [-0.2, -0.15) is 0 Å². The Morgan fingerprint density at radius 3 is 1.88 bits per heavy atom. The van der Waals surface area contributed by atoms with Crippen LogP contribution in [0.4, 0.5) is 0 Å². The maximum atomic E-state index is 12.3. The number of nitrogens with zero attached hydrogens (tertiary/aromatic N) is 1. The summed E-state index contributed by atoms with van der Waals surface area (Å²) in [5.41, 5.74) is 0. The molecule has 6 heteroatoms. The standard InChI is InChI=1S/C19H37NO4.Na/c1-3-5-6-7-8-9-10-11-12-13-18(22)20(15-4-2)17(14-16-21)19(23)24;/h17,21H,3-16H2,1-2H3,(H,23,24);/q;+1/p-1/t17-;/m0./s1. The first-order valence-electron chi connectivity index (χ1n) is 9.69. The van der Waals surface area contributed by atoms with E-state index < -0.39 is 12.0 Å². The molecule has 0 aromatic carbocycles. The van der Waals surface area contributed by atoms with Gasteiger partial charge in [-0.05, 0) is 19.3 Å². The third-order valence-electron chi connectivity index (χ3n) is 4.33. The number of unbranched alkanes of at least 4 members (excludes halogenated alkanes) is 8. The molecule has 0 fully saturated rings. The molecular formula is C19H36NNaO4. The second-order valence-electron chi connectivity index (χ2n) is 6.51. The Kier molecular flexibility index (Phi) is 20.3. The van der Waals surface area contributed by atoms with Gasteiger partial charge in [0.15, 0.2) is 0 Å². The van der Waals surface area contributed by atoms with Gasteiger partial charge in [0, 0.05) is 19.6 Å². The molecule has 0 radical (unpaired) electrons. The summed E-state index contributed by atoms with van der Waals surface area (Å²) >= 11 is 0. The van der Waals surface area contributed by atoms with Crippen LogP contribution in [-0.4, -0.2) is 41.1 Å². The van der Waals surface area contributed by atoms with E-state index in [1.807, 2.05) is 6.92 Å². The maximum Gasteiger partial charge on any atom is 1.00 e. The zero-order valence-electron chi connectivity index (χ0n) is 16.6. The van der Waals surface area contributed by atoms with Gasteiger partial charge in [-0.3, -0.25) is 4.79 Å². The van der Waals surface area contributed by atoms with Crippen molar-refractivity contribution in [2.24, 2.45) is 0 Å². The van der Waals surface area contributed by atoms with Crippen LogP contribution >= 0.6 is 0 Å². The van der Waals surface area contributed by atoms with E-state index in [2.05, 4.69) is 6.92 Å². The Balaban J connectivity index is 0. The monoisotopic (exact) mass is 365 g/mol. The number of aliphatic hydroxyl groups is 1.